The molecule has 1 aliphatic heterocycles. The highest BCUT2D eigenvalue weighted by Gasteiger charge is 2.32. The van der Waals surface area contributed by atoms with E-state index in [0.717, 1.165) is 11.4 Å². The van der Waals surface area contributed by atoms with E-state index in [9.17, 15) is 22.8 Å². The van der Waals surface area contributed by atoms with Crippen LogP contribution in [0.5, 0.6) is 11.6 Å². The first-order valence-electron chi connectivity index (χ1n) is 11.8. The average Bonchev–Trinajstić information content (AvgIpc) is 3.27. The summed E-state index contributed by atoms with van der Waals surface area (Å²) in [6.07, 6.45) is -2.99. The molecule has 196 valence electrons. The second-order valence-electron chi connectivity index (χ2n) is 8.96. The van der Waals surface area contributed by atoms with E-state index in [2.05, 4.69) is 20.3 Å². The van der Waals surface area contributed by atoms with Gasteiger partial charge in [0.15, 0.2) is 22.9 Å². The monoisotopic (exact) mass is 525 g/mol. The van der Waals surface area contributed by atoms with Crippen molar-refractivity contribution in [3.05, 3.63) is 65.9 Å². The summed E-state index contributed by atoms with van der Waals surface area (Å²) in [5.74, 6) is -0.551. The van der Waals surface area contributed by atoms with Crippen molar-refractivity contribution >= 4 is 28.1 Å². The van der Waals surface area contributed by atoms with Crippen LogP contribution in [0.3, 0.4) is 0 Å². The molecule has 0 aliphatic carbocycles. The molecule has 38 heavy (non-hydrogen) atoms. The van der Waals surface area contributed by atoms with Crippen molar-refractivity contribution in [2.45, 2.75) is 13.1 Å². The zero-order valence-corrected chi connectivity index (χ0v) is 20.3. The van der Waals surface area contributed by atoms with Crippen LogP contribution >= 0.6 is 0 Å². The molecular formula is C26H23F4N7O. The number of hydrogen-bond acceptors (Lipinski definition) is 7. The van der Waals surface area contributed by atoms with Crippen molar-refractivity contribution in [2.24, 2.45) is 0 Å². The van der Waals surface area contributed by atoms with Crippen molar-refractivity contribution in [1.29, 1.82) is 5.26 Å². The lowest BCUT2D eigenvalue weighted by atomic mass is 10.2. The molecular weight excluding hydrogens is 502 g/mol. The second kappa shape index (κ2) is 10.2. The number of halogens is 4. The van der Waals surface area contributed by atoms with E-state index in [1.165, 1.54) is 17.3 Å². The van der Waals surface area contributed by atoms with E-state index < -0.39 is 18.5 Å². The van der Waals surface area contributed by atoms with Crippen LogP contribution in [0, 0.1) is 24.1 Å². The quantitative estimate of drug-likeness (QED) is 0.321. The Morgan fingerprint density at radius 3 is 2.50 bits per heavy atom. The van der Waals surface area contributed by atoms with Crippen molar-refractivity contribution in [3.63, 3.8) is 0 Å². The highest BCUT2D eigenvalue weighted by Crippen LogP contribution is 2.33. The summed E-state index contributed by atoms with van der Waals surface area (Å²) in [6.45, 7) is 2.54. The maximum atomic E-state index is 15.0. The van der Waals surface area contributed by atoms with Gasteiger partial charge in [0.2, 0.25) is 5.88 Å². The maximum Gasteiger partial charge on any atom is 0.401 e. The molecule has 8 nitrogen and oxygen atoms in total. The Morgan fingerprint density at radius 1 is 1.08 bits per heavy atom. The molecule has 3 heterocycles. The molecule has 1 fully saturated rings. The van der Waals surface area contributed by atoms with E-state index in [1.54, 1.807) is 24.3 Å². The minimum Gasteiger partial charge on any atom is -0.434 e. The summed E-state index contributed by atoms with van der Waals surface area (Å²) < 4.78 is 58.6. The Balaban J connectivity index is 1.29. The predicted molar refractivity (Wildman–Crippen MR) is 134 cm³/mol. The van der Waals surface area contributed by atoms with Gasteiger partial charge in [-0.2, -0.15) is 18.4 Å². The van der Waals surface area contributed by atoms with Gasteiger partial charge in [0, 0.05) is 54.2 Å². The van der Waals surface area contributed by atoms with Crippen molar-refractivity contribution < 1.29 is 22.3 Å². The fraction of sp³-hybridized carbons (Fsp3) is 0.269. The number of aryl methyl sites for hydroxylation is 1. The molecule has 2 N–H and O–H groups in total. The molecule has 0 atom stereocenters. The number of piperazine rings is 1. The van der Waals surface area contributed by atoms with Gasteiger partial charge in [0.1, 0.15) is 12.4 Å². The van der Waals surface area contributed by atoms with Crippen LogP contribution in [0.25, 0.3) is 10.9 Å². The van der Waals surface area contributed by atoms with E-state index in [-0.39, 0.29) is 23.0 Å². The third kappa shape index (κ3) is 5.47. The Kier molecular flexibility index (Phi) is 6.77. The smallest absolute Gasteiger partial charge is 0.401 e. The largest absolute Gasteiger partial charge is 0.434 e. The van der Waals surface area contributed by atoms with Gasteiger partial charge in [-0.3, -0.25) is 4.90 Å². The molecule has 0 bridgehead atoms. The van der Waals surface area contributed by atoms with E-state index in [1.807, 2.05) is 30.0 Å². The van der Waals surface area contributed by atoms with Crippen LogP contribution in [0.4, 0.5) is 34.8 Å². The molecule has 0 unspecified atom stereocenters. The van der Waals surface area contributed by atoms with Crippen LogP contribution in [0.1, 0.15) is 11.3 Å². The molecule has 0 radical (unpaired) electrons. The Bertz CT molecular complexity index is 1490. The summed E-state index contributed by atoms with van der Waals surface area (Å²) in [5.41, 5.74) is 2.94. The molecule has 1 aliphatic rings. The number of anilines is 3. The van der Waals surface area contributed by atoms with Crippen molar-refractivity contribution in [2.75, 3.05) is 42.9 Å². The van der Waals surface area contributed by atoms with Gasteiger partial charge in [-0.05, 0) is 49.4 Å². The number of hydrogen-bond donors (Lipinski definition) is 2. The fourth-order valence-corrected chi connectivity index (χ4v) is 4.42. The molecule has 2 aromatic heterocycles. The van der Waals surface area contributed by atoms with Gasteiger partial charge in [-0.15, -0.1) is 0 Å². The van der Waals surface area contributed by atoms with Crippen LogP contribution in [0.15, 0.2) is 48.8 Å². The number of H-pyrrole nitrogens is 1. The Hall–Kier alpha value is -4.37. The van der Waals surface area contributed by atoms with Crippen LogP contribution in [-0.2, 0) is 0 Å². The van der Waals surface area contributed by atoms with Gasteiger partial charge in [-0.1, -0.05) is 0 Å². The minimum atomic E-state index is -4.20. The Morgan fingerprint density at radius 2 is 1.82 bits per heavy atom. The number of ether oxygens (including phenoxy) is 1. The number of alkyl halides is 3. The van der Waals surface area contributed by atoms with E-state index in [4.69, 9.17) is 4.74 Å². The third-order valence-electron chi connectivity index (χ3n) is 6.24. The molecule has 2 aromatic carbocycles. The predicted octanol–water partition coefficient (Wildman–Crippen LogP) is 5.50. The highest BCUT2D eigenvalue weighted by atomic mass is 19.4. The molecule has 4 aromatic rings. The number of aromatic amines is 1. The zero-order valence-electron chi connectivity index (χ0n) is 20.3. The molecule has 12 heteroatoms. The number of fused-ring (bicyclic) bond motifs is 1. The number of benzene rings is 2. The number of nitriles is 1. The van der Waals surface area contributed by atoms with Crippen LogP contribution in [0.2, 0.25) is 0 Å². The first-order chi connectivity index (χ1) is 18.2. The summed E-state index contributed by atoms with van der Waals surface area (Å²) in [6, 6.07) is 14.1. The molecule has 0 saturated carbocycles. The van der Waals surface area contributed by atoms with E-state index in [0.29, 0.717) is 42.8 Å². The molecule has 0 amide bonds. The summed E-state index contributed by atoms with van der Waals surface area (Å²) >= 11 is 0. The second-order valence-corrected chi connectivity index (χ2v) is 8.96. The lowest BCUT2D eigenvalue weighted by Crippen LogP contribution is -2.49. The molecule has 5 rings (SSSR count). The average molecular weight is 526 g/mol. The first-order valence-corrected chi connectivity index (χ1v) is 11.8. The van der Waals surface area contributed by atoms with E-state index >= 15 is 0 Å². The van der Waals surface area contributed by atoms with Crippen LogP contribution in [-0.4, -0.2) is 58.8 Å². The highest BCUT2D eigenvalue weighted by molar-refractivity contribution is 5.83. The summed E-state index contributed by atoms with van der Waals surface area (Å²) in [7, 11) is 0. The van der Waals surface area contributed by atoms with Gasteiger partial charge >= 0.3 is 6.18 Å². The molecule has 0 spiro atoms. The SMILES string of the molecule is Cc1cc2c(F)c(Oc3ncnc(Nc4ccc(N5CCN(CC(F)(F)F)CC5)cc4)c3C#N)ccc2[nH]1. The van der Waals surface area contributed by atoms with Crippen molar-refractivity contribution in [3.8, 4) is 17.7 Å². The minimum absolute atomic E-state index is 0.00195. The summed E-state index contributed by atoms with van der Waals surface area (Å²) in [5, 5.41) is 13.2. The van der Waals surface area contributed by atoms with Gasteiger partial charge in [-0.25, -0.2) is 14.4 Å². The van der Waals surface area contributed by atoms with Crippen molar-refractivity contribution in [1.82, 2.24) is 19.9 Å². The topological polar surface area (TPSA) is 93.1 Å². The zero-order chi connectivity index (χ0) is 26.9. The molecule has 1 saturated heterocycles. The maximum absolute atomic E-state index is 15.0. The first kappa shape index (κ1) is 25.3. The van der Waals surface area contributed by atoms with Gasteiger partial charge in [0.05, 0.1) is 6.54 Å². The van der Waals surface area contributed by atoms with Gasteiger partial charge < -0.3 is 19.9 Å². The lowest BCUT2D eigenvalue weighted by Gasteiger charge is -2.36. The van der Waals surface area contributed by atoms with Gasteiger partial charge in [0.25, 0.3) is 0 Å². The Labute approximate surface area is 215 Å². The van der Waals surface area contributed by atoms with Crippen LogP contribution < -0.4 is 15.0 Å². The third-order valence-corrected chi connectivity index (χ3v) is 6.24. The number of aromatic nitrogens is 3. The number of nitrogens with one attached hydrogen (secondary N) is 2. The standard InChI is InChI=1S/C26H23F4N7O/c1-16-12-19-21(34-16)6-7-22(23(19)27)38-25-20(13-31)24(32-15-33-25)35-17-2-4-18(5-3-17)37-10-8-36(9-11-37)14-26(28,29)30/h2-7,12,15,34H,8-11,14H2,1H3,(H,32,33,35). The number of nitrogens with zero attached hydrogens (tertiary/aromatic N) is 5. The normalized spacial score (nSPS) is 14.5. The number of rotatable bonds is 6. The summed E-state index contributed by atoms with van der Waals surface area (Å²) in [4.78, 5) is 14.6. The fourth-order valence-electron chi connectivity index (χ4n) is 4.42. The lowest BCUT2D eigenvalue weighted by molar-refractivity contribution is -0.146.